The highest BCUT2D eigenvalue weighted by Gasteiger charge is 2.09. The SMILES string of the molecule is CCC(CCN)CCC(=O)NCCC1=CCCCC1. The summed E-state index contributed by atoms with van der Waals surface area (Å²) in [6.07, 6.45) is 12.3. The van der Waals surface area contributed by atoms with Crippen molar-refractivity contribution in [3.05, 3.63) is 11.6 Å². The number of allylic oxidation sites excluding steroid dienone is 1. The average molecular weight is 266 g/mol. The van der Waals surface area contributed by atoms with Crippen LogP contribution in [-0.2, 0) is 4.79 Å². The van der Waals surface area contributed by atoms with Gasteiger partial charge in [-0.2, -0.15) is 0 Å². The second-order valence-electron chi connectivity index (χ2n) is 5.60. The van der Waals surface area contributed by atoms with Crippen molar-refractivity contribution in [3.63, 3.8) is 0 Å². The van der Waals surface area contributed by atoms with E-state index in [9.17, 15) is 4.79 Å². The lowest BCUT2D eigenvalue weighted by molar-refractivity contribution is -0.121. The highest BCUT2D eigenvalue weighted by Crippen LogP contribution is 2.19. The molecule has 1 aliphatic carbocycles. The lowest BCUT2D eigenvalue weighted by Gasteiger charge is -2.14. The van der Waals surface area contributed by atoms with Gasteiger partial charge in [-0.1, -0.05) is 25.0 Å². The molecule has 0 radical (unpaired) electrons. The molecule has 1 rings (SSSR count). The molecule has 1 amide bonds. The van der Waals surface area contributed by atoms with Gasteiger partial charge >= 0.3 is 0 Å². The molecule has 0 fully saturated rings. The zero-order valence-corrected chi connectivity index (χ0v) is 12.4. The Morgan fingerprint density at radius 1 is 1.42 bits per heavy atom. The number of hydrogen-bond acceptors (Lipinski definition) is 2. The molecule has 0 bridgehead atoms. The van der Waals surface area contributed by atoms with E-state index >= 15 is 0 Å². The fourth-order valence-corrected chi connectivity index (χ4v) is 2.71. The van der Waals surface area contributed by atoms with Gasteiger partial charge in [0.15, 0.2) is 0 Å². The van der Waals surface area contributed by atoms with Crippen LogP contribution in [0, 0.1) is 5.92 Å². The summed E-state index contributed by atoms with van der Waals surface area (Å²) >= 11 is 0. The maximum Gasteiger partial charge on any atom is 0.220 e. The molecule has 0 aromatic carbocycles. The summed E-state index contributed by atoms with van der Waals surface area (Å²) in [6, 6.07) is 0. The molecule has 0 aliphatic heterocycles. The van der Waals surface area contributed by atoms with Gasteiger partial charge in [0, 0.05) is 13.0 Å². The van der Waals surface area contributed by atoms with E-state index in [2.05, 4.69) is 18.3 Å². The first kappa shape index (κ1) is 16.2. The van der Waals surface area contributed by atoms with E-state index in [0.29, 0.717) is 12.3 Å². The second kappa shape index (κ2) is 10.0. The molecular weight excluding hydrogens is 236 g/mol. The first-order valence-electron chi connectivity index (χ1n) is 7.91. The molecule has 1 unspecified atom stereocenters. The van der Waals surface area contributed by atoms with Crippen LogP contribution in [-0.4, -0.2) is 19.0 Å². The van der Waals surface area contributed by atoms with Crippen LogP contribution in [0.2, 0.25) is 0 Å². The highest BCUT2D eigenvalue weighted by atomic mass is 16.1. The summed E-state index contributed by atoms with van der Waals surface area (Å²) in [5, 5.41) is 3.04. The van der Waals surface area contributed by atoms with E-state index in [-0.39, 0.29) is 5.91 Å². The minimum atomic E-state index is 0.201. The molecule has 110 valence electrons. The first-order chi connectivity index (χ1) is 9.26. The quantitative estimate of drug-likeness (QED) is 0.630. The fourth-order valence-electron chi connectivity index (χ4n) is 2.71. The van der Waals surface area contributed by atoms with Crippen molar-refractivity contribution < 1.29 is 4.79 Å². The van der Waals surface area contributed by atoms with E-state index in [1.807, 2.05) is 0 Å². The Labute approximate surface area is 118 Å². The number of carbonyl (C=O) groups is 1. The van der Waals surface area contributed by atoms with Crippen molar-refractivity contribution in [1.82, 2.24) is 5.32 Å². The predicted octanol–water partition coefficient (Wildman–Crippen LogP) is 3.15. The van der Waals surface area contributed by atoms with Crippen LogP contribution in [0.1, 0.15) is 64.7 Å². The molecule has 1 aliphatic rings. The van der Waals surface area contributed by atoms with Crippen molar-refractivity contribution in [1.29, 1.82) is 0 Å². The minimum Gasteiger partial charge on any atom is -0.356 e. The summed E-state index contributed by atoms with van der Waals surface area (Å²) in [5.41, 5.74) is 7.10. The smallest absolute Gasteiger partial charge is 0.220 e. The number of nitrogens with one attached hydrogen (secondary N) is 1. The summed E-state index contributed by atoms with van der Waals surface area (Å²) in [5.74, 6) is 0.809. The van der Waals surface area contributed by atoms with Crippen LogP contribution >= 0.6 is 0 Å². The zero-order valence-electron chi connectivity index (χ0n) is 12.4. The maximum atomic E-state index is 11.7. The molecular formula is C16H30N2O. The van der Waals surface area contributed by atoms with Crippen LogP contribution < -0.4 is 11.1 Å². The second-order valence-corrected chi connectivity index (χ2v) is 5.60. The number of amides is 1. The van der Waals surface area contributed by atoms with Gasteiger partial charge in [-0.05, 0) is 57.4 Å². The third-order valence-corrected chi connectivity index (χ3v) is 4.09. The minimum absolute atomic E-state index is 0.201. The van der Waals surface area contributed by atoms with Crippen LogP contribution in [0.15, 0.2) is 11.6 Å². The average Bonchev–Trinajstić information content (AvgIpc) is 2.44. The molecule has 0 aromatic rings. The fraction of sp³-hybridized carbons (Fsp3) is 0.812. The Hall–Kier alpha value is -0.830. The van der Waals surface area contributed by atoms with Crippen molar-refractivity contribution >= 4 is 5.91 Å². The molecule has 3 heteroatoms. The van der Waals surface area contributed by atoms with Gasteiger partial charge in [-0.25, -0.2) is 0 Å². The van der Waals surface area contributed by atoms with E-state index in [1.54, 1.807) is 0 Å². The lowest BCUT2D eigenvalue weighted by atomic mass is 9.96. The van der Waals surface area contributed by atoms with Gasteiger partial charge < -0.3 is 11.1 Å². The van der Waals surface area contributed by atoms with Crippen molar-refractivity contribution in [2.24, 2.45) is 11.7 Å². The van der Waals surface area contributed by atoms with Gasteiger partial charge in [0.2, 0.25) is 5.91 Å². The van der Waals surface area contributed by atoms with Gasteiger partial charge in [0.1, 0.15) is 0 Å². The molecule has 3 nitrogen and oxygen atoms in total. The van der Waals surface area contributed by atoms with Crippen molar-refractivity contribution in [2.75, 3.05) is 13.1 Å². The predicted molar refractivity (Wildman–Crippen MR) is 80.9 cm³/mol. The van der Waals surface area contributed by atoms with Crippen LogP contribution in [0.3, 0.4) is 0 Å². The summed E-state index contributed by atoms with van der Waals surface area (Å²) < 4.78 is 0. The summed E-state index contributed by atoms with van der Waals surface area (Å²) in [7, 11) is 0. The van der Waals surface area contributed by atoms with Gasteiger partial charge in [0.05, 0.1) is 0 Å². The Morgan fingerprint density at radius 2 is 2.26 bits per heavy atom. The van der Waals surface area contributed by atoms with E-state index in [0.717, 1.165) is 38.8 Å². The summed E-state index contributed by atoms with van der Waals surface area (Å²) in [4.78, 5) is 11.7. The lowest BCUT2D eigenvalue weighted by Crippen LogP contribution is -2.25. The number of carbonyl (C=O) groups excluding carboxylic acids is 1. The zero-order chi connectivity index (χ0) is 13.9. The number of rotatable bonds is 9. The normalized spacial score (nSPS) is 16.8. The van der Waals surface area contributed by atoms with Gasteiger partial charge in [-0.15, -0.1) is 0 Å². The standard InChI is InChI=1S/C16H30N2O/c1-2-14(10-12-17)8-9-16(19)18-13-11-15-6-4-3-5-7-15/h6,14H,2-5,7-13,17H2,1H3,(H,18,19). The van der Waals surface area contributed by atoms with Crippen molar-refractivity contribution in [3.8, 4) is 0 Å². The third-order valence-electron chi connectivity index (χ3n) is 4.09. The van der Waals surface area contributed by atoms with Gasteiger partial charge in [0.25, 0.3) is 0 Å². The molecule has 0 spiro atoms. The molecule has 0 saturated carbocycles. The van der Waals surface area contributed by atoms with Crippen LogP contribution in [0.25, 0.3) is 0 Å². The summed E-state index contributed by atoms with van der Waals surface area (Å²) in [6.45, 7) is 3.71. The molecule has 0 aromatic heterocycles. The molecule has 19 heavy (non-hydrogen) atoms. The first-order valence-corrected chi connectivity index (χ1v) is 7.91. The van der Waals surface area contributed by atoms with Gasteiger partial charge in [-0.3, -0.25) is 4.79 Å². The van der Waals surface area contributed by atoms with E-state index < -0.39 is 0 Å². The van der Waals surface area contributed by atoms with Crippen LogP contribution in [0.5, 0.6) is 0 Å². The monoisotopic (exact) mass is 266 g/mol. The largest absolute Gasteiger partial charge is 0.356 e. The Bertz CT molecular complexity index is 286. The van der Waals surface area contributed by atoms with E-state index in [1.165, 1.54) is 31.3 Å². The molecule has 3 N–H and O–H groups in total. The maximum absolute atomic E-state index is 11.7. The Morgan fingerprint density at radius 3 is 2.89 bits per heavy atom. The molecule has 0 saturated heterocycles. The Kier molecular flexibility index (Phi) is 8.55. The molecule has 0 heterocycles. The topological polar surface area (TPSA) is 55.1 Å². The highest BCUT2D eigenvalue weighted by molar-refractivity contribution is 5.75. The Balaban J connectivity index is 2.08. The number of nitrogens with two attached hydrogens (primary N) is 1. The number of hydrogen-bond donors (Lipinski definition) is 2. The molecule has 1 atom stereocenters. The van der Waals surface area contributed by atoms with Crippen molar-refractivity contribution in [2.45, 2.75) is 64.7 Å². The third kappa shape index (κ3) is 7.36. The van der Waals surface area contributed by atoms with Crippen LogP contribution in [0.4, 0.5) is 0 Å². The van der Waals surface area contributed by atoms with E-state index in [4.69, 9.17) is 5.73 Å².